The van der Waals surface area contributed by atoms with Gasteiger partial charge in [0, 0.05) is 12.0 Å². The fraction of sp³-hybridized carbons (Fsp3) is 0.273. The van der Waals surface area contributed by atoms with E-state index >= 15 is 0 Å². The summed E-state index contributed by atoms with van der Waals surface area (Å²) in [5, 5.41) is 0.880. The van der Waals surface area contributed by atoms with Crippen molar-refractivity contribution in [3.8, 4) is 0 Å². The topological polar surface area (TPSA) is 24.7 Å². The molecule has 14 heavy (non-hydrogen) atoms. The minimum absolute atomic E-state index is 0.880. The van der Waals surface area contributed by atoms with Crippen molar-refractivity contribution in [1.82, 2.24) is 0 Å². The number of para-hydroxylation sites is 1. The molecule has 1 aromatic carbocycles. The highest BCUT2D eigenvalue weighted by atomic mass is 32.2. The van der Waals surface area contributed by atoms with Crippen LogP contribution in [-0.4, -0.2) is 17.1 Å². The Bertz CT molecular complexity index is 383. The highest BCUT2D eigenvalue weighted by molar-refractivity contribution is 8.14. The fourth-order valence-corrected chi connectivity index (χ4v) is 1.96. The Morgan fingerprint density at radius 1 is 1.43 bits per heavy atom. The zero-order valence-corrected chi connectivity index (χ0v) is 8.92. The number of aliphatic imine (C=N–C) groups is 2. The van der Waals surface area contributed by atoms with E-state index in [1.165, 1.54) is 5.56 Å². The summed E-state index contributed by atoms with van der Waals surface area (Å²) in [6.07, 6.45) is 2.92. The molecule has 0 atom stereocenters. The first-order chi connectivity index (χ1) is 6.90. The van der Waals surface area contributed by atoms with Gasteiger partial charge in [-0.2, -0.15) is 0 Å². The molecule has 2 rings (SSSR count). The molecule has 0 saturated carbocycles. The highest BCUT2D eigenvalue weighted by Crippen LogP contribution is 2.22. The first-order valence-electron chi connectivity index (χ1n) is 4.72. The SMILES string of the molecule is CCc1ccccc1N=C1N=CCS1. The number of amidine groups is 1. The zero-order valence-electron chi connectivity index (χ0n) is 8.10. The summed E-state index contributed by atoms with van der Waals surface area (Å²) in [5.74, 6) is 0.952. The second-order valence-electron chi connectivity index (χ2n) is 3.00. The summed E-state index contributed by atoms with van der Waals surface area (Å²) in [5.41, 5.74) is 2.33. The van der Waals surface area contributed by atoms with Gasteiger partial charge >= 0.3 is 0 Å². The third kappa shape index (κ3) is 2.04. The Hall–Kier alpha value is -1.09. The van der Waals surface area contributed by atoms with Crippen LogP contribution in [0.5, 0.6) is 0 Å². The summed E-state index contributed by atoms with van der Waals surface area (Å²) in [7, 11) is 0. The van der Waals surface area contributed by atoms with Crippen LogP contribution in [0.3, 0.4) is 0 Å². The van der Waals surface area contributed by atoms with Crippen LogP contribution in [0.1, 0.15) is 12.5 Å². The van der Waals surface area contributed by atoms with Gasteiger partial charge < -0.3 is 0 Å². The van der Waals surface area contributed by atoms with Crippen LogP contribution >= 0.6 is 11.8 Å². The molecular weight excluding hydrogens is 192 g/mol. The van der Waals surface area contributed by atoms with Crippen LogP contribution in [0.25, 0.3) is 0 Å². The molecule has 1 aliphatic heterocycles. The van der Waals surface area contributed by atoms with Crippen LogP contribution in [0.15, 0.2) is 34.3 Å². The lowest BCUT2D eigenvalue weighted by Gasteiger charge is -2.01. The molecule has 2 nitrogen and oxygen atoms in total. The van der Waals surface area contributed by atoms with E-state index in [0.717, 1.165) is 23.0 Å². The second kappa shape index (κ2) is 4.42. The van der Waals surface area contributed by atoms with Gasteiger partial charge in [-0.25, -0.2) is 9.98 Å². The van der Waals surface area contributed by atoms with Crippen molar-refractivity contribution in [3.63, 3.8) is 0 Å². The minimum Gasteiger partial charge on any atom is -0.235 e. The molecule has 3 heteroatoms. The molecule has 0 amide bonds. The van der Waals surface area contributed by atoms with Gasteiger partial charge in [-0.05, 0) is 18.1 Å². The van der Waals surface area contributed by atoms with Gasteiger partial charge in [-0.3, -0.25) is 0 Å². The Morgan fingerprint density at radius 3 is 3.00 bits per heavy atom. The van der Waals surface area contributed by atoms with Crippen LogP contribution in [0.4, 0.5) is 5.69 Å². The minimum atomic E-state index is 0.880. The maximum Gasteiger partial charge on any atom is 0.188 e. The Morgan fingerprint density at radius 2 is 2.29 bits per heavy atom. The Kier molecular flexibility index (Phi) is 2.99. The molecule has 0 unspecified atom stereocenters. The van der Waals surface area contributed by atoms with Crippen LogP contribution in [-0.2, 0) is 6.42 Å². The van der Waals surface area contributed by atoms with E-state index in [9.17, 15) is 0 Å². The third-order valence-electron chi connectivity index (χ3n) is 2.08. The predicted molar refractivity (Wildman–Crippen MR) is 63.9 cm³/mol. The molecule has 1 aromatic rings. The molecule has 0 bridgehead atoms. The highest BCUT2D eigenvalue weighted by Gasteiger charge is 2.04. The van der Waals surface area contributed by atoms with Gasteiger partial charge in [-0.15, -0.1) is 0 Å². The van der Waals surface area contributed by atoms with E-state index in [4.69, 9.17) is 0 Å². The van der Waals surface area contributed by atoms with E-state index < -0.39 is 0 Å². The maximum atomic E-state index is 4.51. The molecule has 0 N–H and O–H groups in total. The summed E-state index contributed by atoms with van der Waals surface area (Å²) in [6, 6.07) is 8.22. The monoisotopic (exact) mass is 204 g/mol. The van der Waals surface area contributed by atoms with Crippen molar-refractivity contribution in [2.24, 2.45) is 9.98 Å². The van der Waals surface area contributed by atoms with E-state index in [1.807, 2.05) is 24.4 Å². The number of aryl methyl sites for hydroxylation is 1. The Labute approximate surface area is 88.2 Å². The summed E-state index contributed by atoms with van der Waals surface area (Å²) >= 11 is 1.68. The second-order valence-corrected chi connectivity index (χ2v) is 3.99. The van der Waals surface area contributed by atoms with Gasteiger partial charge in [0.25, 0.3) is 0 Å². The average molecular weight is 204 g/mol. The molecule has 0 aromatic heterocycles. The van der Waals surface area contributed by atoms with Crippen LogP contribution in [0.2, 0.25) is 0 Å². The lowest BCUT2D eigenvalue weighted by atomic mass is 10.1. The van der Waals surface area contributed by atoms with E-state index in [0.29, 0.717) is 0 Å². The number of hydrogen-bond donors (Lipinski definition) is 0. The van der Waals surface area contributed by atoms with Crippen molar-refractivity contribution in [1.29, 1.82) is 0 Å². The summed E-state index contributed by atoms with van der Waals surface area (Å²) < 4.78 is 0. The van der Waals surface area contributed by atoms with Crippen LogP contribution in [0, 0.1) is 0 Å². The molecule has 0 aliphatic carbocycles. The summed E-state index contributed by atoms with van der Waals surface area (Å²) in [6.45, 7) is 2.14. The first kappa shape index (κ1) is 9.46. The number of rotatable bonds is 2. The van der Waals surface area contributed by atoms with Crippen molar-refractivity contribution in [2.75, 3.05) is 5.75 Å². The summed E-state index contributed by atoms with van der Waals surface area (Å²) in [4.78, 5) is 8.70. The van der Waals surface area contributed by atoms with E-state index in [-0.39, 0.29) is 0 Å². The molecular formula is C11H12N2S. The molecule has 0 radical (unpaired) electrons. The largest absolute Gasteiger partial charge is 0.235 e. The van der Waals surface area contributed by atoms with Gasteiger partial charge in [-0.1, -0.05) is 36.9 Å². The lowest BCUT2D eigenvalue weighted by molar-refractivity contribution is 1.13. The molecule has 0 spiro atoms. The first-order valence-corrected chi connectivity index (χ1v) is 5.70. The number of nitrogens with zero attached hydrogens (tertiary/aromatic N) is 2. The zero-order chi connectivity index (χ0) is 9.80. The molecule has 1 aliphatic rings. The van der Waals surface area contributed by atoms with Gasteiger partial charge in [0.05, 0.1) is 5.69 Å². The lowest BCUT2D eigenvalue weighted by Crippen LogP contribution is -1.84. The van der Waals surface area contributed by atoms with Crippen molar-refractivity contribution >= 4 is 28.8 Å². The quantitative estimate of drug-likeness (QED) is 0.726. The third-order valence-corrected chi connectivity index (χ3v) is 2.85. The molecule has 0 fully saturated rings. The number of thioether (sulfide) groups is 1. The van der Waals surface area contributed by atoms with Crippen molar-refractivity contribution in [3.05, 3.63) is 29.8 Å². The van der Waals surface area contributed by atoms with E-state index in [2.05, 4.69) is 23.0 Å². The number of hydrogen-bond acceptors (Lipinski definition) is 2. The maximum absolute atomic E-state index is 4.51. The average Bonchev–Trinajstić information content (AvgIpc) is 2.71. The standard InChI is InChI=1S/C11H12N2S/c1-2-9-5-3-4-6-10(9)13-11-12-7-8-14-11/h3-7H,2,8H2,1H3. The number of benzene rings is 1. The molecule has 1 heterocycles. The predicted octanol–water partition coefficient (Wildman–Crippen LogP) is 3.05. The Balaban J connectivity index is 2.31. The fourth-order valence-electron chi connectivity index (χ4n) is 1.35. The smallest absolute Gasteiger partial charge is 0.188 e. The molecule has 0 saturated heterocycles. The van der Waals surface area contributed by atoms with Crippen molar-refractivity contribution in [2.45, 2.75) is 13.3 Å². The van der Waals surface area contributed by atoms with E-state index in [1.54, 1.807) is 11.8 Å². The van der Waals surface area contributed by atoms with Gasteiger partial charge in [0.15, 0.2) is 5.17 Å². The van der Waals surface area contributed by atoms with Crippen LogP contribution < -0.4 is 0 Å². The van der Waals surface area contributed by atoms with Gasteiger partial charge in [0.2, 0.25) is 0 Å². The van der Waals surface area contributed by atoms with Gasteiger partial charge in [0.1, 0.15) is 0 Å². The molecule has 72 valence electrons. The van der Waals surface area contributed by atoms with Crippen molar-refractivity contribution < 1.29 is 0 Å². The normalized spacial score (nSPS) is 17.9.